The topological polar surface area (TPSA) is 525 Å². The monoisotopic (exact) mass is 1070 g/mol. The third kappa shape index (κ3) is 25.5. The molecule has 31 heteroatoms. The van der Waals surface area contributed by atoms with E-state index in [9.17, 15) is 78.0 Å². The largest absolute Gasteiger partial charge is 0.481 e. The second-order valence-corrected chi connectivity index (χ2v) is 17.6. The molecule has 0 aliphatic heterocycles. The van der Waals surface area contributed by atoms with Gasteiger partial charge in [-0.25, -0.2) is 9.78 Å². The van der Waals surface area contributed by atoms with Gasteiger partial charge >= 0.3 is 23.9 Å². The van der Waals surface area contributed by atoms with Crippen molar-refractivity contribution in [3.63, 3.8) is 0 Å². The zero-order chi connectivity index (χ0) is 56.9. The number of hydrogen-bond acceptors (Lipinski definition) is 16. The molecule has 10 atom stereocenters. The number of guanidine groups is 1. The maximum Gasteiger partial charge on any atom is 0.326 e. The Morgan fingerprint density at radius 1 is 0.600 bits per heavy atom. The van der Waals surface area contributed by atoms with Gasteiger partial charge in [0, 0.05) is 32.0 Å². The number of nitrogens with one attached hydrogen (secondary N) is 11. The average Bonchev–Trinajstić information content (AvgIpc) is 3.85. The van der Waals surface area contributed by atoms with Crippen LogP contribution in [-0.4, -0.2) is 175 Å². The molecule has 75 heavy (non-hydrogen) atoms. The second kappa shape index (κ2) is 33.7. The predicted octanol–water partition coefficient (Wildman–Crippen LogP) is -5.08. The molecule has 0 aliphatic rings. The molecule has 21 N–H and O–H groups in total. The van der Waals surface area contributed by atoms with Gasteiger partial charge < -0.3 is 90.5 Å². The van der Waals surface area contributed by atoms with Gasteiger partial charge in [-0.2, -0.15) is 0 Å². The number of carbonyl (C=O) groups is 12. The van der Waals surface area contributed by atoms with Gasteiger partial charge in [-0.15, -0.1) is 0 Å². The molecule has 1 aromatic heterocycles. The Morgan fingerprint density at radius 3 is 1.53 bits per heavy atom. The summed E-state index contributed by atoms with van der Waals surface area (Å²) >= 11 is 0. The molecular formula is C44H73N15O16. The number of unbranched alkanes of at least 4 members (excludes halogenated alkanes) is 1. The lowest BCUT2D eigenvalue weighted by Crippen LogP contribution is -2.60. The number of amides is 8. The first-order valence-corrected chi connectivity index (χ1v) is 24.0. The molecule has 1 aromatic rings. The standard InChI is InChI=1S/C44H73N15O16/c1-5-21(2)34(59-37(68)25(46)17-24-19-49-20-51-24)42(73)53-23(4)35(66)54-28(12-14-32(62)63)40(71)56-27(11-13-31(60)61)38(69)52-22(3)36(67)58-30(18-33(64)65)41(72)55-26(10-8-16-50-44(47)48)39(70)57-29(43(74)75)9-6-7-15-45/h19-23,25-30,34H,5-18,45-46H2,1-4H3,(H,49,51)(H,52,69)(H,53,73)(H,54,66)(H,55,72)(H,56,71)(H,57,70)(H,58,67)(H,59,68)(H,60,61)(H,62,63)(H,64,65)(H,74,75)(H4,47,48,50)/t21-,22-,23-,25-,26-,27-,28-,29-,30-,34-/m0/s1. The van der Waals surface area contributed by atoms with E-state index < -0.39 is 169 Å². The Labute approximate surface area is 431 Å². The number of H-pyrrole nitrogens is 1. The summed E-state index contributed by atoms with van der Waals surface area (Å²) in [5, 5.41) is 66.5. The Morgan fingerprint density at radius 2 is 1.07 bits per heavy atom. The number of carbonyl (C=O) groups excluding carboxylic acids is 8. The number of imidazole rings is 1. The van der Waals surface area contributed by atoms with Gasteiger partial charge in [0.1, 0.15) is 48.3 Å². The molecule has 8 amide bonds. The fourth-order valence-corrected chi connectivity index (χ4v) is 6.85. The van der Waals surface area contributed by atoms with Gasteiger partial charge in [0.2, 0.25) is 47.3 Å². The fourth-order valence-electron chi connectivity index (χ4n) is 6.85. The highest BCUT2D eigenvalue weighted by Gasteiger charge is 2.35. The Bertz CT molecular complexity index is 2150. The number of nitrogens with two attached hydrogens (primary N) is 3. The van der Waals surface area contributed by atoms with Crippen LogP contribution in [0.1, 0.15) is 104 Å². The summed E-state index contributed by atoms with van der Waals surface area (Å²) in [6.45, 7) is 6.00. The Kier molecular flexibility index (Phi) is 29.2. The lowest BCUT2D eigenvalue weighted by molar-refractivity contribution is -0.143. The molecule has 0 saturated heterocycles. The van der Waals surface area contributed by atoms with Crippen LogP contribution in [0.4, 0.5) is 0 Å². The molecule has 0 aromatic carbocycles. The van der Waals surface area contributed by atoms with E-state index in [1.54, 1.807) is 20.0 Å². The van der Waals surface area contributed by atoms with Crippen LogP contribution in [0.15, 0.2) is 12.5 Å². The maximum atomic E-state index is 13.7. The maximum absolute atomic E-state index is 13.7. The normalized spacial score (nSPS) is 14.9. The molecule has 31 nitrogen and oxygen atoms in total. The summed E-state index contributed by atoms with van der Waals surface area (Å²) in [5.74, 6) is -15.0. The summed E-state index contributed by atoms with van der Waals surface area (Å²) in [7, 11) is 0. The van der Waals surface area contributed by atoms with Crippen LogP contribution >= 0.6 is 0 Å². The quantitative estimate of drug-likeness (QED) is 0.0168. The summed E-state index contributed by atoms with van der Waals surface area (Å²) in [6.07, 6.45) is 0.232. The number of aromatic nitrogens is 2. The third-order valence-electron chi connectivity index (χ3n) is 11.4. The van der Waals surface area contributed by atoms with Crippen LogP contribution in [0, 0.1) is 11.3 Å². The molecule has 1 rings (SSSR count). The van der Waals surface area contributed by atoms with Crippen molar-refractivity contribution in [2.75, 3.05) is 13.1 Å². The van der Waals surface area contributed by atoms with Crippen molar-refractivity contribution >= 4 is 77.1 Å². The van der Waals surface area contributed by atoms with Crippen molar-refractivity contribution < 1.29 is 78.0 Å². The van der Waals surface area contributed by atoms with Crippen molar-refractivity contribution in [2.45, 2.75) is 159 Å². The summed E-state index contributed by atoms with van der Waals surface area (Å²) in [4.78, 5) is 161. The van der Waals surface area contributed by atoms with E-state index in [4.69, 9.17) is 22.6 Å². The zero-order valence-corrected chi connectivity index (χ0v) is 42.2. The summed E-state index contributed by atoms with van der Waals surface area (Å²) in [5.41, 5.74) is 17.3. The van der Waals surface area contributed by atoms with Gasteiger partial charge in [-0.3, -0.25) is 58.1 Å². The van der Waals surface area contributed by atoms with Crippen molar-refractivity contribution in [1.82, 2.24) is 57.8 Å². The van der Waals surface area contributed by atoms with Crippen LogP contribution in [0.2, 0.25) is 0 Å². The predicted molar refractivity (Wildman–Crippen MR) is 262 cm³/mol. The minimum absolute atomic E-state index is 0.0235. The number of carboxylic acid groups (broad SMARTS) is 4. The third-order valence-corrected chi connectivity index (χ3v) is 11.4. The van der Waals surface area contributed by atoms with E-state index in [1.165, 1.54) is 13.3 Å². The number of carboxylic acids is 4. The summed E-state index contributed by atoms with van der Waals surface area (Å²) < 4.78 is 0. The van der Waals surface area contributed by atoms with E-state index in [0.717, 1.165) is 6.92 Å². The lowest BCUT2D eigenvalue weighted by atomic mass is 9.97. The number of rotatable bonds is 37. The smallest absolute Gasteiger partial charge is 0.326 e. The highest BCUT2D eigenvalue weighted by Crippen LogP contribution is 2.11. The minimum atomic E-state index is -1.93. The second-order valence-electron chi connectivity index (χ2n) is 17.6. The first kappa shape index (κ1) is 65.1. The van der Waals surface area contributed by atoms with Crippen molar-refractivity contribution in [1.29, 1.82) is 5.41 Å². The van der Waals surface area contributed by atoms with Crippen molar-refractivity contribution in [3.05, 3.63) is 18.2 Å². The molecule has 0 radical (unpaired) electrons. The van der Waals surface area contributed by atoms with Crippen LogP contribution in [0.3, 0.4) is 0 Å². The molecule has 0 unspecified atom stereocenters. The van der Waals surface area contributed by atoms with Crippen LogP contribution in [0.5, 0.6) is 0 Å². The van der Waals surface area contributed by atoms with Crippen molar-refractivity contribution in [3.8, 4) is 0 Å². The van der Waals surface area contributed by atoms with Gasteiger partial charge in [0.15, 0.2) is 5.96 Å². The van der Waals surface area contributed by atoms with Crippen molar-refractivity contribution in [2.24, 2.45) is 23.1 Å². The van der Waals surface area contributed by atoms with E-state index in [2.05, 4.69) is 57.8 Å². The SMILES string of the molecule is CC[C@H](C)[C@H](NC(=O)[C@@H](N)Cc1c[nH]cn1)C(=O)N[C@@H](C)C(=O)N[C@@H](CCC(=O)O)C(=O)N[C@@H](CCC(=O)O)C(=O)N[C@@H](C)C(=O)N[C@@H](CC(=O)O)C(=O)N[C@@H](CCCNC(=N)N)C(=O)N[C@@H](CCCCN)C(=O)O. The van der Waals surface area contributed by atoms with Gasteiger partial charge in [0.05, 0.1) is 24.5 Å². The molecule has 420 valence electrons. The molecule has 0 spiro atoms. The molecule has 0 saturated carbocycles. The van der Waals surface area contributed by atoms with Gasteiger partial charge in [-0.1, -0.05) is 20.3 Å². The Hall–Kier alpha value is -7.96. The lowest BCUT2D eigenvalue weighted by Gasteiger charge is -2.27. The molecule has 0 aliphatic carbocycles. The molecule has 1 heterocycles. The minimum Gasteiger partial charge on any atom is -0.481 e. The van der Waals surface area contributed by atoms with Crippen LogP contribution in [0.25, 0.3) is 0 Å². The van der Waals surface area contributed by atoms with E-state index >= 15 is 0 Å². The van der Waals surface area contributed by atoms with Crippen LogP contribution in [-0.2, 0) is 64.0 Å². The molecule has 0 bridgehead atoms. The van der Waals surface area contributed by atoms with E-state index in [-0.39, 0.29) is 38.8 Å². The van der Waals surface area contributed by atoms with E-state index in [0.29, 0.717) is 25.0 Å². The molecule has 0 fully saturated rings. The van der Waals surface area contributed by atoms with Gasteiger partial charge in [0.25, 0.3) is 0 Å². The number of aliphatic carboxylic acids is 4. The number of aromatic amines is 1. The number of hydrogen-bond donors (Lipinski definition) is 18. The summed E-state index contributed by atoms with van der Waals surface area (Å²) in [6, 6.07) is -13.7. The van der Waals surface area contributed by atoms with E-state index in [1.807, 2.05) is 0 Å². The fraction of sp³-hybridized carbons (Fsp3) is 0.636. The average molecular weight is 1070 g/mol. The highest BCUT2D eigenvalue weighted by molar-refractivity contribution is 5.99. The van der Waals surface area contributed by atoms with Gasteiger partial charge in [-0.05, 0) is 71.3 Å². The first-order valence-electron chi connectivity index (χ1n) is 24.0. The Balaban J connectivity index is 3.27. The first-order chi connectivity index (χ1) is 35.2. The van der Waals surface area contributed by atoms with Crippen LogP contribution < -0.4 is 65.1 Å². The number of nitrogens with zero attached hydrogens (tertiary/aromatic N) is 1. The highest BCUT2D eigenvalue weighted by atomic mass is 16.4. The zero-order valence-electron chi connectivity index (χ0n) is 42.2. The molecular weight excluding hydrogens is 995 g/mol.